The van der Waals surface area contributed by atoms with Gasteiger partial charge in [-0.2, -0.15) is 0 Å². The first-order chi connectivity index (χ1) is 8.08. The van der Waals surface area contributed by atoms with Gasteiger partial charge in [0, 0.05) is 9.58 Å². The SMILES string of the molecule is CC.CC(C)c1ccc2sc(C(C)C)cc2c1. The van der Waals surface area contributed by atoms with Gasteiger partial charge >= 0.3 is 0 Å². The van der Waals surface area contributed by atoms with Gasteiger partial charge in [-0.15, -0.1) is 11.3 Å². The first-order valence-electron chi connectivity index (χ1n) is 6.61. The Morgan fingerprint density at radius 2 is 1.53 bits per heavy atom. The van der Waals surface area contributed by atoms with Gasteiger partial charge in [0.1, 0.15) is 0 Å². The molecule has 94 valence electrons. The zero-order chi connectivity index (χ0) is 13.0. The van der Waals surface area contributed by atoms with Crippen LogP contribution in [0, 0.1) is 0 Å². The van der Waals surface area contributed by atoms with Gasteiger partial charge in [-0.05, 0) is 34.9 Å². The summed E-state index contributed by atoms with van der Waals surface area (Å²) in [4.78, 5) is 1.49. The predicted molar refractivity (Wildman–Crippen MR) is 81.4 cm³/mol. The number of rotatable bonds is 2. The lowest BCUT2D eigenvalue weighted by atomic mass is 10.0. The second kappa shape index (κ2) is 6.20. The van der Waals surface area contributed by atoms with Crippen LogP contribution >= 0.6 is 11.3 Å². The Morgan fingerprint density at radius 1 is 0.882 bits per heavy atom. The molecule has 17 heavy (non-hydrogen) atoms. The van der Waals surface area contributed by atoms with Gasteiger partial charge in [0.2, 0.25) is 0 Å². The molecular formula is C16H24S. The molecule has 0 aliphatic rings. The van der Waals surface area contributed by atoms with Crippen LogP contribution in [0.2, 0.25) is 0 Å². The fourth-order valence-electron chi connectivity index (χ4n) is 1.73. The molecule has 0 aliphatic heterocycles. The minimum Gasteiger partial charge on any atom is -0.140 e. The van der Waals surface area contributed by atoms with Crippen LogP contribution in [-0.2, 0) is 0 Å². The fourth-order valence-corrected chi connectivity index (χ4v) is 2.77. The first kappa shape index (κ1) is 14.2. The molecule has 1 heteroatoms. The molecule has 0 fully saturated rings. The molecule has 1 aromatic heterocycles. The fraction of sp³-hybridized carbons (Fsp3) is 0.500. The van der Waals surface area contributed by atoms with Crippen molar-refractivity contribution in [2.75, 3.05) is 0 Å². The molecule has 0 spiro atoms. The number of thiophene rings is 1. The summed E-state index contributed by atoms with van der Waals surface area (Å²) in [6.45, 7) is 13.0. The van der Waals surface area contributed by atoms with E-state index in [1.54, 1.807) is 0 Å². The van der Waals surface area contributed by atoms with Crippen LogP contribution in [0.3, 0.4) is 0 Å². The first-order valence-corrected chi connectivity index (χ1v) is 7.43. The van der Waals surface area contributed by atoms with Gasteiger partial charge in [0.25, 0.3) is 0 Å². The van der Waals surface area contributed by atoms with E-state index in [1.807, 2.05) is 25.2 Å². The van der Waals surface area contributed by atoms with Crippen molar-refractivity contribution in [2.24, 2.45) is 0 Å². The quantitative estimate of drug-likeness (QED) is 0.595. The van der Waals surface area contributed by atoms with E-state index in [2.05, 4.69) is 52.0 Å². The van der Waals surface area contributed by atoms with Crippen molar-refractivity contribution in [3.05, 3.63) is 34.7 Å². The van der Waals surface area contributed by atoms with Crippen LogP contribution < -0.4 is 0 Å². The number of hydrogen-bond acceptors (Lipinski definition) is 1. The molecule has 0 saturated heterocycles. The van der Waals surface area contributed by atoms with E-state index < -0.39 is 0 Å². The van der Waals surface area contributed by atoms with Gasteiger partial charge < -0.3 is 0 Å². The van der Waals surface area contributed by atoms with E-state index in [0.717, 1.165) is 0 Å². The summed E-state index contributed by atoms with van der Waals surface area (Å²) in [7, 11) is 0. The maximum atomic E-state index is 2.34. The topological polar surface area (TPSA) is 0 Å². The van der Waals surface area contributed by atoms with Crippen LogP contribution in [0.4, 0.5) is 0 Å². The molecule has 0 aliphatic carbocycles. The van der Waals surface area contributed by atoms with E-state index in [1.165, 1.54) is 20.5 Å². The summed E-state index contributed by atoms with van der Waals surface area (Å²) < 4.78 is 1.42. The van der Waals surface area contributed by atoms with Crippen molar-refractivity contribution >= 4 is 21.4 Å². The molecular weight excluding hydrogens is 224 g/mol. The highest BCUT2D eigenvalue weighted by Gasteiger charge is 2.06. The monoisotopic (exact) mass is 248 g/mol. The maximum Gasteiger partial charge on any atom is 0.0345 e. The molecule has 0 unspecified atom stereocenters. The molecule has 0 radical (unpaired) electrons. The third kappa shape index (κ3) is 3.32. The maximum absolute atomic E-state index is 2.34. The van der Waals surface area contributed by atoms with Gasteiger partial charge in [-0.3, -0.25) is 0 Å². The summed E-state index contributed by atoms with van der Waals surface area (Å²) in [5.41, 5.74) is 1.44. The van der Waals surface area contributed by atoms with E-state index in [-0.39, 0.29) is 0 Å². The molecule has 0 amide bonds. The highest BCUT2D eigenvalue weighted by atomic mass is 32.1. The molecule has 0 bridgehead atoms. The second-order valence-corrected chi connectivity index (χ2v) is 5.87. The summed E-state index contributed by atoms with van der Waals surface area (Å²) in [6, 6.07) is 9.20. The lowest BCUT2D eigenvalue weighted by molar-refractivity contribution is 0.868. The third-order valence-corrected chi connectivity index (χ3v) is 4.21. The minimum atomic E-state index is 0.622. The Bertz CT molecular complexity index is 457. The third-order valence-electron chi connectivity index (χ3n) is 2.80. The molecule has 0 saturated carbocycles. The van der Waals surface area contributed by atoms with Gasteiger partial charge in [0.15, 0.2) is 0 Å². The summed E-state index contributed by atoms with van der Waals surface area (Å²) >= 11 is 1.93. The Hall–Kier alpha value is -0.820. The van der Waals surface area contributed by atoms with Gasteiger partial charge in [0.05, 0.1) is 0 Å². The highest BCUT2D eigenvalue weighted by Crippen LogP contribution is 2.32. The molecule has 0 N–H and O–H groups in total. The van der Waals surface area contributed by atoms with Crippen LogP contribution in [0.1, 0.15) is 63.8 Å². The Balaban J connectivity index is 0.000000686. The molecule has 1 aromatic carbocycles. The summed E-state index contributed by atoms with van der Waals surface area (Å²) in [6.07, 6.45) is 0. The second-order valence-electron chi connectivity index (χ2n) is 4.76. The lowest BCUT2D eigenvalue weighted by Gasteiger charge is -2.03. The molecule has 2 rings (SSSR count). The average Bonchev–Trinajstić information content (AvgIpc) is 2.74. The van der Waals surface area contributed by atoms with E-state index >= 15 is 0 Å². The van der Waals surface area contributed by atoms with E-state index in [0.29, 0.717) is 11.8 Å². The molecule has 2 aromatic rings. The van der Waals surface area contributed by atoms with Crippen LogP contribution in [0.5, 0.6) is 0 Å². The largest absolute Gasteiger partial charge is 0.140 e. The number of fused-ring (bicyclic) bond motifs is 1. The normalized spacial score (nSPS) is 10.8. The van der Waals surface area contributed by atoms with Crippen molar-refractivity contribution < 1.29 is 0 Å². The molecule has 0 nitrogen and oxygen atoms in total. The van der Waals surface area contributed by atoms with Crippen LogP contribution in [-0.4, -0.2) is 0 Å². The van der Waals surface area contributed by atoms with Gasteiger partial charge in [-0.1, -0.05) is 53.7 Å². The van der Waals surface area contributed by atoms with Crippen molar-refractivity contribution in [3.63, 3.8) is 0 Å². The molecule has 1 heterocycles. The average molecular weight is 248 g/mol. The highest BCUT2D eigenvalue weighted by molar-refractivity contribution is 7.19. The van der Waals surface area contributed by atoms with Crippen LogP contribution in [0.15, 0.2) is 24.3 Å². The smallest absolute Gasteiger partial charge is 0.0345 e. The van der Waals surface area contributed by atoms with Crippen molar-refractivity contribution in [2.45, 2.75) is 53.4 Å². The zero-order valence-electron chi connectivity index (χ0n) is 11.9. The predicted octanol–water partition coefficient (Wildman–Crippen LogP) is 6.17. The van der Waals surface area contributed by atoms with Crippen LogP contribution in [0.25, 0.3) is 10.1 Å². The minimum absolute atomic E-state index is 0.622. The van der Waals surface area contributed by atoms with Crippen molar-refractivity contribution in [3.8, 4) is 0 Å². The van der Waals surface area contributed by atoms with Crippen molar-refractivity contribution in [1.82, 2.24) is 0 Å². The van der Waals surface area contributed by atoms with E-state index in [4.69, 9.17) is 0 Å². The standard InChI is InChI=1S/C14H18S.C2H6/c1-9(2)11-5-6-13-12(7-11)8-14(15-13)10(3)4;1-2/h5-10H,1-4H3;1-2H3. The molecule has 0 atom stereocenters. The van der Waals surface area contributed by atoms with E-state index in [9.17, 15) is 0 Å². The van der Waals surface area contributed by atoms with Crippen molar-refractivity contribution in [1.29, 1.82) is 0 Å². The summed E-state index contributed by atoms with van der Waals surface area (Å²) in [5.74, 6) is 1.27. The van der Waals surface area contributed by atoms with Gasteiger partial charge in [-0.25, -0.2) is 0 Å². The lowest BCUT2D eigenvalue weighted by Crippen LogP contribution is -1.84. The number of benzene rings is 1. The Morgan fingerprint density at radius 3 is 2.06 bits per heavy atom. The summed E-state index contributed by atoms with van der Waals surface area (Å²) in [5, 5.41) is 1.41. The Labute approximate surface area is 110 Å². The number of hydrogen-bond donors (Lipinski definition) is 0. The Kier molecular flexibility index (Phi) is 5.20. The zero-order valence-corrected chi connectivity index (χ0v) is 12.7.